The summed E-state index contributed by atoms with van der Waals surface area (Å²) in [6, 6.07) is 0.114. The second kappa shape index (κ2) is 5.28. The summed E-state index contributed by atoms with van der Waals surface area (Å²) < 4.78 is 0. The fourth-order valence-electron chi connectivity index (χ4n) is 1.86. The molecule has 2 heterocycles. The lowest BCUT2D eigenvalue weighted by Gasteiger charge is -2.23. The van der Waals surface area contributed by atoms with Crippen molar-refractivity contribution in [3.8, 4) is 0 Å². The molecular weight excluding hydrogens is 216 g/mol. The van der Waals surface area contributed by atoms with Crippen LogP contribution in [0.25, 0.3) is 0 Å². The second-order valence-corrected chi connectivity index (χ2v) is 6.32. The standard InChI is InChI=1S/C9H16N2OS2/c12-9(8-2-1-3-10-8)11-4-6-13-14-7-5-11/h8,10H,1-7H2/t8-/m1/s1. The number of nitrogens with zero attached hydrogens (tertiary/aromatic N) is 1. The molecule has 0 saturated carbocycles. The Morgan fingerprint density at radius 2 is 2.00 bits per heavy atom. The molecule has 1 amide bonds. The predicted molar refractivity (Wildman–Crippen MR) is 62.5 cm³/mol. The highest BCUT2D eigenvalue weighted by atomic mass is 33.1. The molecule has 0 aromatic rings. The summed E-state index contributed by atoms with van der Waals surface area (Å²) >= 11 is 0. The van der Waals surface area contributed by atoms with Crippen LogP contribution in [0.5, 0.6) is 0 Å². The third-order valence-electron chi connectivity index (χ3n) is 2.64. The first-order valence-electron chi connectivity index (χ1n) is 5.14. The van der Waals surface area contributed by atoms with E-state index in [9.17, 15) is 4.79 Å². The van der Waals surface area contributed by atoms with E-state index in [1.807, 2.05) is 26.5 Å². The van der Waals surface area contributed by atoms with Crippen molar-refractivity contribution < 1.29 is 4.79 Å². The van der Waals surface area contributed by atoms with Crippen molar-refractivity contribution in [2.75, 3.05) is 31.1 Å². The third kappa shape index (κ3) is 2.58. The maximum atomic E-state index is 12.0. The van der Waals surface area contributed by atoms with Gasteiger partial charge in [-0.1, -0.05) is 21.6 Å². The molecule has 0 aromatic carbocycles. The van der Waals surface area contributed by atoms with Crippen LogP contribution in [0.4, 0.5) is 0 Å². The van der Waals surface area contributed by atoms with Crippen molar-refractivity contribution >= 4 is 27.5 Å². The molecule has 0 spiro atoms. The molecule has 0 radical (unpaired) electrons. The summed E-state index contributed by atoms with van der Waals surface area (Å²) in [5.74, 6) is 2.47. The van der Waals surface area contributed by atoms with Gasteiger partial charge in [0.15, 0.2) is 0 Å². The van der Waals surface area contributed by atoms with Crippen molar-refractivity contribution in [3.05, 3.63) is 0 Å². The van der Waals surface area contributed by atoms with Gasteiger partial charge in [-0.3, -0.25) is 4.79 Å². The van der Waals surface area contributed by atoms with Crippen molar-refractivity contribution in [1.29, 1.82) is 0 Å². The number of carbonyl (C=O) groups is 1. The van der Waals surface area contributed by atoms with Gasteiger partial charge in [0, 0.05) is 24.6 Å². The summed E-state index contributed by atoms with van der Waals surface area (Å²) in [7, 11) is 3.76. The molecule has 3 nitrogen and oxygen atoms in total. The van der Waals surface area contributed by atoms with E-state index in [1.165, 1.54) is 0 Å². The molecule has 2 saturated heterocycles. The molecule has 0 aliphatic carbocycles. The topological polar surface area (TPSA) is 32.3 Å². The number of amides is 1. The van der Waals surface area contributed by atoms with Crippen LogP contribution >= 0.6 is 21.6 Å². The molecule has 0 unspecified atom stereocenters. The van der Waals surface area contributed by atoms with E-state index in [-0.39, 0.29) is 6.04 Å². The van der Waals surface area contributed by atoms with Gasteiger partial charge in [-0.05, 0) is 19.4 Å². The number of hydrogen-bond donors (Lipinski definition) is 1. The Kier molecular flexibility index (Phi) is 4.01. The lowest BCUT2D eigenvalue weighted by Crippen LogP contribution is -2.44. The number of hydrogen-bond acceptors (Lipinski definition) is 4. The highest BCUT2D eigenvalue weighted by Gasteiger charge is 2.27. The monoisotopic (exact) mass is 232 g/mol. The maximum Gasteiger partial charge on any atom is 0.239 e. The molecule has 0 bridgehead atoms. The van der Waals surface area contributed by atoms with E-state index < -0.39 is 0 Å². The van der Waals surface area contributed by atoms with E-state index in [0.717, 1.165) is 44.0 Å². The quantitative estimate of drug-likeness (QED) is 0.683. The molecule has 2 aliphatic heterocycles. The van der Waals surface area contributed by atoms with E-state index in [0.29, 0.717) is 5.91 Å². The molecule has 0 aromatic heterocycles. The molecule has 1 N–H and O–H groups in total. The van der Waals surface area contributed by atoms with Gasteiger partial charge in [-0.15, -0.1) is 0 Å². The zero-order valence-electron chi connectivity index (χ0n) is 8.20. The van der Waals surface area contributed by atoms with Gasteiger partial charge >= 0.3 is 0 Å². The summed E-state index contributed by atoms with van der Waals surface area (Å²) in [4.78, 5) is 14.0. The van der Waals surface area contributed by atoms with E-state index in [4.69, 9.17) is 0 Å². The molecule has 5 heteroatoms. The Bertz CT molecular complexity index is 199. The van der Waals surface area contributed by atoms with E-state index >= 15 is 0 Å². The minimum atomic E-state index is 0.114. The molecule has 2 rings (SSSR count). The molecule has 2 fully saturated rings. The molecular formula is C9H16N2OS2. The summed E-state index contributed by atoms with van der Waals surface area (Å²) in [6.07, 6.45) is 2.17. The van der Waals surface area contributed by atoms with Crippen molar-refractivity contribution in [2.45, 2.75) is 18.9 Å². The Hall–Kier alpha value is 0.130. The van der Waals surface area contributed by atoms with Crippen LogP contribution < -0.4 is 5.32 Å². The van der Waals surface area contributed by atoms with Crippen LogP contribution in [0.3, 0.4) is 0 Å². The zero-order chi connectivity index (χ0) is 9.80. The minimum absolute atomic E-state index is 0.114. The Morgan fingerprint density at radius 1 is 1.29 bits per heavy atom. The zero-order valence-corrected chi connectivity index (χ0v) is 9.83. The summed E-state index contributed by atoms with van der Waals surface area (Å²) in [5, 5.41) is 3.27. The van der Waals surface area contributed by atoms with Crippen LogP contribution in [0, 0.1) is 0 Å². The number of rotatable bonds is 1. The van der Waals surface area contributed by atoms with Gasteiger partial charge < -0.3 is 10.2 Å². The molecule has 1 atom stereocenters. The largest absolute Gasteiger partial charge is 0.340 e. The van der Waals surface area contributed by atoms with Crippen molar-refractivity contribution in [2.24, 2.45) is 0 Å². The van der Waals surface area contributed by atoms with Crippen LogP contribution in [0.15, 0.2) is 0 Å². The second-order valence-electron chi connectivity index (χ2n) is 3.62. The Balaban J connectivity index is 1.88. The Morgan fingerprint density at radius 3 is 2.57 bits per heavy atom. The smallest absolute Gasteiger partial charge is 0.239 e. The van der Waals surface area contributed by atoms with E-state index in [1.54, 1.807) is 0 Å². The predicted octanol–water partition coefficient (Wildman–Crippen LogP) is 0.962. The van der Waals surface area contributed by atoms with Gasteiger partial charge in [-0.2, -0.15) is 0 Å². The normalized spacial score (nSPS) is 28.9. The van der Waals surface area contributed by atoms with Crippen molar-refractivity contribution in [1.82, 2.24) is 10.2 Å². The van der Waals surface area contributed by atoms with Crippen LogP contribution in [0.2, 0.25) is 0 Å². The van der Waals surface area contributed by atoms with Crippen LogP contribution in [-0.4, -0.2) is 48.0 Å². The van der Waals surface area contributed by atoms with Crippen molar-refractivity contribution in [3.63, 3.8) is 0 Å². The number of nitrogens with one attached hydrogen (secondary N) is 1. The lowest BCUT2D eigenvalue weighted by molar-refractivity contribution is -0.132. The minimum Gasteiger partial charge on any atom is -0.340 e. The highest BCUT2D eigenvalue weighted by molar-refractivity contribution is 8.76. The highest BCUT2D eigenvalue weighted by Crippen LogP contribution is 2.24. The first kappa shape index (κ1) is 10.6. The Labute approximate surface area is 92.8 Å². The van der Waals surface area contributed by atoms with E-state index in [2.05, 4.69) is 5.32 Å². The average Bonchev–Trinajstić information content (AvgIpc) is 2.59. The van der Waals surface area contributed by atoms with Gasteiger partial charge in [0.2, 0.25) is 5.91 Å². The fourth-order valence-corrected chi connectivity index (χ4v) is 3.84. The SMILES string of the molecule is O=C([C@H]1CCCN1)N1CCSSCC1. The maximum absolute atomic E-state index is 12.0. The summed E-state index contributed by atoms with van der Waals surface area (Å²) in [6.45, 7) is 2.86. The molecule has 14 heavy (non-hydrogen) atoms. The summed E-state index contributed by atoms with van der Waals surface area (Å²) in [5.41, 5.74) is 0. The van der Waals surface area contributed by atoms with Gasteiger partial charge in [0.25, 0.3) is 0 Å². The van der Waals surface area contributed by atoms with Gasteiger partial charge in [-0.25, -0.2) is 0 Å². The first-order chi connectivity index (χ1) is 6.88. The molecule has 80 valence electrons. The van der Waals surface area contributed by atoms with Gasteiger partial charge in [0.1, 0.15) is 0 Å². The number of carbonyl (C=O) groups excluding carboxylic acids is 1. The van der Waals surface area contributed by atoms with Crippen LogP contribution in [0.1, 0.15) is 12.8 Å². The molecule has 2 aliphatic rings. The lowest BCUT2D eigenvalue weighted by atomic mass is 10.2. The first-order valence-corrected chi connectivity index (χ1v) is 7.63. The third-order valence-corrected chi connectivity index (χ3v) is 5.01. The fraction of sp³-hybridized carbons (Fsp3) is 0.889. The van der Waals surface area contributed by atoms with Crippen LogP contribution in [-0.2, 0) is 4.79 Å². The average molecular weight is 232 g/mol. The van der Waals surface area contributed by atoms with Gasteiger partial charge in [0.05, 0.1) is 6.04 Å².